The van der Waals surface area contributed by atoms with Crippen molar-refractivity contribution in [1.82, 2.24) is 19.9 Å². The van der Waals surface area contributed by atoms with Gasteiger partial charge in [-0.1, -0.05) is 6.07 Å². The number of hydrogen-bond donors (Lipinski definition) is 3. The van der Waals surface area contributed by atoms with Crippen molar-refractivity contribution < 1.29 is 0 Å². The first-order valence-corrected chi connectivity index (χ1v) is 8.63. The molecule has 4 N–H and O–H groups in total. The maximum absolute atomic E-state index is 12.2. The summed E-state index contributed by atoms with van der Waals surface area (Å²) >= 11 is 0. The van der Waals surface area contributed by atoms with Crippen LogP contribution in [-0.4, -0.2) is 26.5 Å². The maximum atomic E-state index is 12.2. The number of aryl methyl sites for hydroxylation is 1. The lowest BCUT2D eigenvalue weighted by atomic mass is 10.1. The van der Waals surface area contributed by atoms with Gasteiger partial charge >= 0.3 is 0 Å². The molecule has 7 nitrogen and oxygen atoms in total. The quantitative estimate of drug-likeness (QED) is 0.537. The Morgan fingerprint density at radius 3 is 2.73 bits per heavy atom. The lowest BCUT2D eigenvalue weighted by molar-refractivity contribution is 0.746. The molecule has 7 heteroatoms. The van der Waals surface area contributed by atoms with Crippen LogP contribution in [0.15, 0.2) is 53.8 Å². The molecule has 3 aromatic rings. The van der Waals surface area contributed by atoms with Gasteiger partial charge in [0.15, 0.2) is 0 Å². The summed E-state index contributed by atoms with van der Waals surface area (Å²) in [5.41, 5.74) is 9.01. The van der Waals surface area contributed by atoms with Crippen molar-refractivity contribution in [2.24, 2.45) is 0 Å². The molecule has 26 heavy (non-hydrogen) atoms. The van der Waals surface area contributed by atoms with Crippen LogP contribution in [0.3, 0.4) is 0 Å². The van der Waals surface area contributed by atoms with E-state index in [0.717, 1.165) is 42.8 Å². The highest BCUT2D eigenvalue weighted by atomic mass is 16.1. The Morgan fingerprint density at radius 1 is 1.08 bits per heavy atom. The van der Waals surface area contributed by atoms with E-state index < -0.39 is 0 Å². The van der Waals surface area contributed by atoms with Crippen LogP contribution in [0.2, 0.25) is 0 Å². The summed E-state index contributed by atoms with van der Waals surface area (Å²) in [7, 11) is 0. The predicted octanol–water partition coefficient (Wildman–Crippen LogP) is 2.17. The van der Waals surface area contributed by atoms with Gasteiger partial charge < -0.3 is 11.1 Å². The van der Waals surface area contributed by atoms with Gasteiger partial charge in [0.1, 0.15) is 0 Å². The van der Waals surface area contributed by atoms with Gasteiger partial charge in [-0.3, -0.25) is 19.7 Å². The fourth-order valence-electron chi connectivity index (χ4n) is 2.64. The first-order valence-electron chi connectivity index (χ1n) is 8.63. The molecule has 3 heterocycles. The second kappa shape index (κ2) is 8.75. The first-order chi connectivity index (χ1) is 12.7. The number of aromatic nitrogens is 4. The van der Waals surface area contributed by atoms with Gasteiger partial charge in [0, 0.05) is 43.3 Å². The summed E-state index contributed by atoms with van der Waals surface area (Å²) < 4.78 is 0. The molecule has 0 aromatic carbocycles. The number of H-pyrrole nitrogens is 1. The van der Waals surface area contributed by atoms with Crippen molar-refractivity contribution in [3.8, 4) is 0 Å². The molecule has 0 aliphatic heterocycles. The van der Waals surface area contributed by atoms with Crippen molar-refractivity contribution in [2.75, 3.05) is 17.6 Å². The van der Waals surface area contributed by atoms with Crippen molar-refractivity contribution in [2.45, 2.75) is 25.7 Å². The number of nitrogen functional groups attached to an aromatic ring is 1. The van der Waals surface area contributed by atoms with Gasteiger partial charge in [0.2, 0.25) is 5.95 Å². The molecule has 0 aliphatic carbocycles. The lowest BCUT2D eigenvalue weighted by Crippen LogP contribution is -2.17. The first kappa shape index (κ1) is 17.6. The second-order valence-electron chi connectivity index (χ2n) is 6.05. The maximum Gasteiger partial charge on any atom is 0.255 e. The molecular weight excluding hydrogens is 328 g/mol. The summed E-state index contributed by atoms with van der Waals surface area (Å²) in [5, 5.41) is 3.15. The van der Waals surface area contributed by atoms with Gasteiger partial charge in [0.05, 0.1) is 11.4 Å². The highest BCUT2D eigenvalue weighted by Gasteiger charge is 2.04. The van der Waals surface area contributed by atoms with Gasteiger partial charge in [-0.25, -0.2) is 4.98 Å². The Bertz CT molecular complexity index is 894. The number of nitrogens with one attached hydrogen (secondary N) is 2. The van der Waals surface area contributed by atoms with Crippen LogP contribution >= 0.6 is 0 Å². The minimum Gasteiger partial charge on any atom is -0.397 e. The van der Waals surface area contributed by atoms with Crippen molar-refractivity contribution in [3.63, 3.8) is 0 Å². The van der Waals surface area contributed by atoms with E-state index in [9.17, 15) is 4.79 Å². The lowest BCUT2D eigenvalue weighted by Gasteiger charge is -2.07. The van der Waals surface area contributed by atoms with Crippen molar-refractivity contribution >= 4 is 11.6 Å². The Hall–Kier alpha value is -3.22. The molecule has 0 radical (unpaired) electrons. The summed E-state index contributed by atoms with van der Waals surface area (Å²) in [6, 6.07) is 7.49. The fraction of sp³-hybridized carbons (Fsp3) is 0.263. The van der Waals surface area contributed by atoms with E-state index in [1.807, 2.05) is 24.3 Å². The molecule has 3 rings (SSSR count). The minimum atomic E-state index is -0.132. The third-order valence-corrected chi connectivity index (χ3v) is 4.05. The molecule has 0 saturated heterocycles. The molecule has 3 aromatic heterocycles. The second-order valence-corrected chi connectivity index (χ2v) is 6.05. The van der Waals surface area contributed by atoms with Crippen LogP contribution in [-0.2, 0) is 12.8 Å². The normalized spacial score (nSPS) is 10.6. The number of aromatic amines is 1. The van der Waals surface area contributed by atoms with Crippen LogP contribution in [0.5, 0.6) is 0 Å². The fourth-order valence-corrected chi connectivity index (χ4v) is 2.64. The predicted molar refractivity (Wildman–Crippen MR) is 102 cm³/mol. The number of nitrogens with two attached hydrogens (primary N) is 1. The highest BCUT2D eigenvalue weighted by molar-refractivity contribution is 5.41. The third-order valence-electron chi connectivity index (χ3n) is 4.05. The molecule has 0 aliphatic rings. The highest BCUT2D eigenvalue weighted by Crippen LogP contribution is 2.10. The summed E-state index contributed by atoms with van der Waals surface area (Å²) in [4.78, 5) is 27.6. The molecular formula is C19H22N6O. The number of hydrogen-bond acceptors (Lipinski definition) is 6. The molecule has 0 unspecified atom stereocenters. The number of anilines is 2. The summed E-state index contributed by atoms with van der Waals surface area (Å²) in [6.07, 6.45) is 10.1. The Morgan fingerprint density at radius 2 is 1.96 bits per heavy atom. The van der Waals surface area contributed by atoms with Gasteiger partial charge in [-0.05, 0) is 43.0 Å². The van der Waals surface area contributed by atoms with Crippen LogP contribution in [0.1, 0.15) is 29.7 Å². The van der Waals surface area contributed by atoms with E-state index in [4.69, 9.17) is 5.73 Å². The number of unbranched alkanes of at least 4 members (excludes halogenated alkanes) is 1. The minimum absolute atomic E-state index is 0.132. The average Bonchev–Trinajstić information content (AvgIpc) is 2.66. The summed E-state index contributed by atoms with van der Waals surface area (Å²) in [6.45, 7) is 0.720. The molecule has 134 valence electrons. The number of nitrogens with zero attached hydrogens (tertiary/aromatic N) is 3. The molecule has 0 bridgehead atoms. The molecule has 0 spiro atoms. The third kappa shape index (κ3) is 4.89. The van der Waals surface area contributed by atoms with Crippen LogP contribution in [0.4, 0.5) is 11.6 Å². The molecule has 0 saturated carbocycles. The zero-order chi connectivity index (χ0) is 18.2. The van der Waals surface area contributed by atoms with Crippen LogP contribution < -0.4 is 16.6 Å². The smallest absolute Gasteiger partial charge is 0.255 e. The van der Waals surface area contributed by atoms with Gasteiger partial charge in [0.25, 0.3) is 5.56 Å². The van der Waals surface area contributed by atoms with E-state index in [2.05, 4.69) is 25.3 Å². The van der Waals surface area contributed by atoms with E-state index in [0.29, 0.717) is 17.9 Å². The largest absolute Gasteiger partial charge is 0.397 e. The van der Waals surface area contributed by atoms with Crippen molar-refractivity contribution in [1.29, 1.82) is 0 Å². The average molecular weight is 350 g/mol. The Kier molecular flexibility index (Phi) is 5.92. The topological polar surface area (TPSA) is 110 Å². The van der Waals surface area contributed by atoms with E-state index >= 15 is 0 Å². The number of rotatable bonds is 8. The SMILES string of the molecule is Nc1cccnc1CCCCNc1ncc(Cc2cccnc2)c(=O)[nH]1. The van der Waals surface area contributed by atoms with Crippen LogP contribution in [0.25, 0.3) is 0 Å². The van der Waals surface area contributed by atoms with Crippen LogP contribution in [0, 0.1) is 0 Å². The molecule has 0 amide bonds. The molecule has 0 atom stereocenters. The van der Waals surface area contributed by atoms with E-state index in [1.54, 1.807) is 24.8 Å². The summed E-state index contributed by atoms with van der Waals surface area (Å²) in [5.74, 6) is 0.488. The monoisotopic (exact) mass is 350 g/mol. The molecule has 0 fully saturated rings. The van der Waals surface area contributed by atoms with Gasteiger partial charge in [-0.2, -0.15) is 0 Å². The Balaban J connectivity index is 1.46. The Labute approximate surface area is 151 Å². The van der Waals surface area contributed by atoms with E-state index in [1.165, 1.54) is 0 Å². The van der Waals surface area contributed by atoms with E-state index in [-0.39, 0.29) is 5.56 Å². The van der Waals surface area contributed by atoms with Crippen molar-refractivity contribution in [3.05, 3.63) is 76.2 Å². The van der Waals surface area contributed by atoms with Gasteiger partial charge in [-0.15, -0.1) is 0 Å². The number of pyridine rings is 2. The standard InChI is InChI=1S/C19H22N6O/c20-16-6-4-10-22-17(16)7-1-2-9-23-19-24-13-15(18(26)25-19)11-14-5-3-8-21-12-14/h3-6,8,10,12-13H,1-2,7,9,11,20H2,(H2,23,24,25,26). The zero-order valence-corrected chi connectivity index (χ0v) is 14.5. The zero-order valence-electron chi connectivity index (χ0n) is 14.5.